The van der Waals surface area contributed by atoms with Crippen molar-refractivity contribution in [2.75, 3.05) is 31.0 Å². The predicted octanol–water partition coefficient (Wildman–Crippen LogP) is 4.42. The number of benzene rings is 2. The van der Waals surface area contributed by atoms with E-state index in [0.717, 1.165) is 11.1 Å². The zero-order chi connectivity index (χ0) is 21.1. The van der Waals surface area contributed by atoms with Crippen molar-refractivity contribution in [1.29, 1.82) is 0 Å². The number of nitrogens with one attached hydrogen (secondary N) is 1. The number of methoxy groups -OCH3 is 2. The monoisotopic (exact) mass is 422 g/mol. The van der Waals surface area contributed by atoms with Gasteiger partial charge >= 0.3 is 0 Å². The highest BCUT2D eigenvalue weighted by Gasteiger charge is 2.36. The summed E-state index contributed by atoms with van der Waals surface area (Å²) in [6, 6.07) is 15.0. The van der Waals surface area contributed by atoms with Crippen molar-refractivity contribution < 1.29 is 19.1 Å². The zero-order valence-corrected chi connectivity index (χ0v) is 17.6. The van der Waals surface area contributed by atoms with Crippen molar-refractivity contribution in [2.45, 2.75) is 6.42 Å². The van der Waals surface area contributed by atoms with Crippen LogP contribution in [0.3, 0.4) is 0 Å². The highest BCUT2D eigenvalue weighted by atomic mass is 32.1. The van der Waals surface area contributed by atoms with E-state index >= 15 is 0 Å². The Kier molecular flexibility index (Phi) is 5.72. The lowest BCUT2D eigenvalue weighted by molar-refractivity contribution is -0.122. The Hall–Kier alpha value is -3.32. The molecule has 1 N–H and O–H groups in total. The standard InChI is InChI=1S/C23H22N2O4S/c1-28-19-6-7-21(29-2)20(12-19)25-13-17(11-22(25)26)23(27)24-18-5-3-4-15(10-18)16-8-9-30-14-16/h3-10,12,14,17H,11,13H2,1-2H3,(H,24,27). The molecule has 0 aliphatic carbocycles. The Morgan fingerprint density at radius 2 is 1.97 bits per heavy atom. The lowest BCUT2D eigenvalue weighted by atomic mass is 10.1. The second-order valence-electron chi connectivity index (χ2n) is 7.03. The van der Waals surface area contributed by atoms with E-state index in [1.54, 1.807) is 48.7 Å². The van der Waals surface area contributed by atoms with Crippen molar-refractivity contribution in [1.82, 2.24) is 0 Å². The quantitative estimate of drug-likeness (QED) is 0.638. The van der Waals surface area contributed by atoms with Gasteiger partial charge in [-0.25, -0.2) is 0 Å². The van der Waals surface area contributed by atoms with Crippen LogP contribution in [0.15, 0.2) is 59.3 Å². The number of rotatable bonds is 6. The van der Waals surface area contributed by atoms with E-state index in [1.807, 2.05) is 35.7 Å². The minimum absolute atomic E-state index is 0.117. The Bertz CT molecular complexity index is 1060. The summed E-state index contributed by atoms with van der Waals surface area (Å²) in [5.74, 6) is 0.451. The van der Waals surface area contributed by atoms with E-state index in [9.17, 15) is 9.59 Å². The molecular formula is C23H22N2O4S. The first-order chi connectivity index (χ1) is 14.6. The molecule has 1 unspecified atom stereocenters. The molecule has 154 valence electrons. The topological polar surface area (TPSA) is 67.9 Å². The fourth-order valence-corrected chi connectivity index (χ4v) is 4.24. The number of carbonyl (C=O) groups excluding carboxylic acids is 2. The fraction of sp³-hybridized carbons (Fsp3) is 0.217. The fourth-order valence-electron chi connectivity index (χ4n) is 3.57. The molecule has 0 saturated carbocycles. The molecule has 1 aliphatic heterocycles. The highest BCUT2D eigenvalue weighted by molar-refractivity contribution is 7.08. The molecule has 6 nitrogen and oxygen atoms in total. The average molecular weight is 423 g/mol. The average Bonchev–Trinajstić information content (AvgIpc) is 3.43. The summed E-state index contributed by atoms with van der Waals surface area (Å²) in [7, 11) is 3.12. The minimum Gasteiger partial charge on any atom is -0.497 e. The maximum Gasteiger partial charge on any atom is 0.229 e. The van der Waals surface area contributed by atoms with Crippen molar-refractivity contribution in [3.63, 3.8) is 0 Å². The third kappa shape index (κ3) is 4.02. The van der Waals surface area contributed by atoms with Crippen LogP contribution in [-0.4, -0.2) is 32.6 Å². The van der Waals surface area contributed by atoms with Gasteiger partial charge < -0.3 is 19.7 Å². The van der Waals surface area contributed by atoms with E-state index in [1.165, 1.54) is 0 Å². The number of anilines is 2. The second-order valence-corrected chi connectivity index (χ2v) is 7.81. The Balaban J connectivity index is 1.50. The molecule has 1 saturated heterocycles. The molecule has 0 spiro atoms. The van der Waals surface area contributed by atoms with Gasteiger partial charge in [0, 0.05) is 24.7 Å². The first kappa shape index (κ1) is 20.0. The van der Waals surface area contributed by atoms with Gasteiger partial charge in [0.15, 0.2) is 0 Å². The molecule has 1 aromatic heterocycles. The van der Waals surface area contributed by atoms with Crippen LogP contribution >= 0.6 is 11.3 Å². The van der Waals surface area contributed by atoms with Crippen LogP contribution in [0.25, 0.3) is 11.1 Å². The Morgan fingerprint density at radius 1 is 1.10 bits per heavy atom. The van der Waals surface area contributed by atoms with Crippen molar-refractivity contribution in [3.8, 4) is 22.6 Å². The van der Waals surface area contributed by atoms with Crippen LogP contribution in [0.2, 0.25) is 0 Å². The van der Waals surface area contributed by atoms with Gasteiger partial charge in [-0.3, -0.25) is 9.59 Å². The van der Waals surface area contributed by atoms with Gasteiger partial charge in [-0.15, -0.1) is 0 Å². The normalized spacial score (nSPS) is 15.9. The van der Waals surface area contributed by atoms with Gasteiger partial charge in [0.2, 0.25) is 11.8 Å². The van der Waals surface area contributed by atoms with Crippen LogP contribution in [0.5, 0.6) is 11.5 Å². The summed E-state index contributed by atoms with van der Waals surface area (Å²) in [6.07, 6.45) is 0.149. The summed E-state index contributed by atoms with van der Waals surface area (Å²) >= 11 is 1.63. The predicted molar refractivity (Wildman–Crippen MR) is 118 cm³/mol. The molecule has 1 fully saturated rings. The molecule has 0 bridgehead atoms. The van der Waals surface area contributed by atoms with Crippen molar-refractivity contribution >= 4 is 34.5 Å². The summed E-state index contributed by atoms with van der Waals surface area (Å²) in [5.41, 5.74) is 3.48. The third-order valence-corrected chi connectivity index (χ3v) is 5.84. The summed E-state index contributed by atoms with van der Waals surface area (Å²) < 4.78 is 10.7. The molecule has 1 aliphatic rings. The van der Waals surface area contributed by atoms with E-state index in [2.05, 4.69) is 10.7 Å². The molecule has 30 heavy (non-hydrogen) atoms. The lowest BCUT2D eigenvalue weighted by Crippen LogP contribution is -2.28. The molecule has 3 aromatic rings. The Labute approximate surface area is 179 Å². The number of ether oxygens (including phenoxy) is 2. The molecule has 0 radical (unpaired) electrons. The van der Waals surface area contributed by atoms with Crippen LogP contribution in [0.4, 0.5) is 11.4 Å². The van der Waals surface area contributed by atoms with Gasteiger partial charge in [-0.05, 0) is 52.2 Å². The lowest BCUT2D eigenvalue weighted by Gasteiger charge is -2.20. The van der Waals surface area contributed by atoms with Gasteiger partial charge in [-0.1, -0.05) is 12.1 Å². The van der Waals surface area contributed by atoms with E-state index in [4.69, 9.17) is 9.47 Å². The minimum atomic E-state index is -0.446. The zero-order valence-electron chi connectivity index (χ0n) is 16.8. The number of carbonyl (C=O) groups is 2. The van der Waals surface area contributed by atoms with Gasteiger partial charge in [0.05, 0.1) is 25.8 Å². The molecule has 2 amide bonds. The molecule has 1 atom stereocenters. The molecular weight excluding hydrogens is 400 g/mol. The van der Waals surface area contributed by atoms with Gasteiger partial charge in [-0.2, -0.15) is 11.3 Å². The summed E-state index contributed by atoms with van der Waals surface area (Å²) in [5, 5.41) is 7.05. The molecule has 2 aromatic carbocycles. The number of hydrogen-bond acceptors (Lipinski definition) is 5. The number of amides is 2. The molecule has 7 heteroatoms. The summed E-state index contributed by atoms with van der Waals surface area (Å²) in [6.45, 7) is 0.290. The smallest absolute Gasteiger partial charge is 0.229 e. The molecule has 4 rings (SSSR count). The maximum atomic E-state index is 12.9. The number of thiophene rings is 1. The van der Waals surface area contributed by atoms with Crippen molar-refractivity contribution in [2.24, 2.45) is 5.92 Å². The second kappa shape index (κ2) is 8.59. The first-order valence-electron chi connectivity index (χ1n) is 9.55. The first-order valence-corrected chi connectivity index (χ1v) is 10.5. The number of hydrogen-bond donors (Lipinski definition) is 1. The molecule has 2 heterocycles. The highest BCUT2D eigenvalue weighted by Crippen LogP contribution is 2.36. The van der Waals surface area contributed by atoms with Crippen LogP contribution in [-0.2, 0) is 9.59 Å². The van der Waals surface area contributed by atoms with Gasteiger partial charge in [0.1, 0.15) is 11.5 Å². The Morgan fingerprint density at radius 3 is 2.70 bits per heavy atom. The van der Waals surface area contributed by atoms with Gasteiger partial charge in [0.25, 0.3) is 0 Å². The number of nitrogens with zero attached hydrogens (tertiary/aromatic N) is 1. The third-order valence-electron chi connectivity index (χ3n) is 5.16. The van der Waals surface area contributed by atoms with Crippen LogP contribution < -0.4 is 19.7 Å². The van der Waals surface area contributed by atoms with E-state index < -0.39 is 5.92 Å². The maximum absolute atomic E-state index is 12.9. The van der Waals surface area contributed by atoms with Crippen LogP contribution in [0.1, 0.15) is 6.42 Å². The SMILES string of the molecule is COc1ccc(OC)c(N2CC(C(=O)Nc3cccc(-c4ccsc4)c3)CC2=O)c1. The van der Waals surface area contributed by atoms with E-state index in [0.29, 0.717) is 29.4 Å². The van der Waals surface area contributed by atoms with Crippen LogP contribution in [0, 0.1) is 5.92 Å². The van der Waals surface area contributed by atoms with E-state index in [-0.39, 0.29) is 18.2 Å². The van der Waals surface area contributed by atoms with Crippen molar-refractivity contribution in [3.05, 3.63) is 59.3 Å². The summed E-state index contributed by atoms with van der Waals surface area (Å²) in [4.78, 5) is 27.1. The largest absolute Gasteiger partial charge is 0.497 e.